The average molecular weight is 384 g/mol. The summed E-state index contributed by atoms with van der Waals surface area (Å²) in [4.78, 5) is 29.0. The lowest BCUT2D eigenvalue weighted by molar-refractivity contribution is 0.557. The molecule has 0 aliphatic rings. The number of aryl methyl sites for hydroxylation is 2. The highest BCUT2D eigenvalue weighted by molar-refractivity contribution is 7.98. The summed E-state index contributed by atoms with van der Waals surface area (Å²) < 4.78 is 7.64. The minimum Gasteiger partial charge on any atom is -0.422 e. The monoisotopic (exact) mass is 384 g/mol. The van der Waals surface area contributed by atoms with E-state index in [4.69, 9.17) is 4.42 Å². The summed E-state index contributed by atoms with van der Waals surface area (Å²) in [6.07, 6.45) is 0. The van der Waals surface area contributed by atoms with E-state index in [9.17, 15) is 9.59 Å². The third-order valence-electron chi connectivity index (χ3n) is 4.52. The van der Waals surface area contributed by atoms with Gasteiger partial charge in [0.25, 0.3) is 5.56 Å². The van der Waals surface area contributed by atoms with Gasteiger partial charge in [0, 0.05) is 24.3 Å². The lowest BCUT2D eigenvalue weighted by atomic mass is 10.0. The van der Waals surface area contributed by atoms with Crippen LogP contribution in [0.3, 0.4) is 0 Å². The first-order chi connectivity index (χ1) is 12.5. The van der Waals surface area contributed by atoms with Crippen LogP contribution in [0.2, 0.25) is 0 Å². The van der Waals surface area contributed by atoms with E-state index in [-0.39, 0.29) is 11.2 Å². The maximum absolute atomic E-state index is 12.4. The molecule has 0 saturated heterocycles. The first kappa shape index (κ1) is 17.1. The summed E-state index contributed by atoms with van der Waals surface area (Å²) in [5.41, 5.74) is 3.86. The number of fused-ring (bicyclic) bond motifs is 2. The molecule has 0 N–H and O–H groups in total. The molecule has 0 spiro atoms. The fourth-order valence-electron chi connectivity index (χ4n) is 2.88. The number of thiophene rings is 1. The number of rotatable bonds is 3. The summed E-state index contributed by atoms with van der Waals surface area (Å²) in [5, 5.41) is 3.42. The van der Waals surface area contributed by atoms with Gasteiger partial charge in [0.2, 0.25) is 0 Å². The summed E-state index contributed by atoms with van der Waals surface area (Å²) >= 11 is 2.84. The second-order valence-electron chi connectivity index (χ2n) is 6.16. The van der Waals surface area contributed by atoms with Crippen LogP contribution < -0.4 is 11.2 Å². The number of thioether (sulfide) groups is 1. The minimum absolute atomic E-state index is 0.0450. The third kappa shape index (κ3) is 2.77. The molecule has 0 aliphatic heterocycles. The van der Waals surface area contributed by atoms with E-state index in [1.54, 1.807) is 11.6 Å². The van der Waals surface area contributed by atoms with Crippen molar-refractivity contribution in [3.63, 3.8) is 0 Å². The lowest BCUT2D eigenvalue weighted by Crippen LogP contribution is -2.18. The van der Waals surface area contributed by atoms with Crippen molar-refractivity contribution in [2.24, 2.45) is 7.05 Å². The summed E-state index contributed by atoms with van der Waals surface area (Å²) in [6.45, 7) is 3.94. The van der Waals surface area contributed by atoms with Gasteiger partial charge in [0.15, 0.2) is 5.16 Å². The first-order valence-corrected chi connectivity index (χ1v) is 9.92. The van der Waals surface area contributed by atoms with Gasteiger partial charge >= 0.3 is 5.63 Å². The second kappa shape index (κ2) is 6.41. The molecule has 0 unspecified atom stereocenters. The molecule has 4 aromatic rings. The highest BCUT2D eigenvalue weighted by Gasteiger charge is 2.13. The molecule has 0 saturated carbocycles. The molecular weight excluding hydrogens is 368 g/mol. The molecule has 0 aliphatic carbocycles. The van der Waals surface area contributed by atoms with Gasteiger partial charge in [-0.1, -0.05) is 23.9 Å². The van der Waals surface area contributed by atoms with Gasteiger partial charge in [-0.05, 0) is 42.0 Å². The Hall–Kier alpha value is -2.38. The van der Waals surface area contributed by atoms with Crippen molar-refractivity contribution in [1.82, 2.24) is 9.55 Å². The Morgan fingerprint density at radius 1 is 1.23 bits per heavy atom. The van der Waals surface area contributed by atoms with Gasteiger partial charge < -0.3 is 4.42 Å². The van der Waals surface area contributed by atoms with Gasteiger partial charge in [-0.25, -0.2) is 9.78 Å². The van der Waals surface area contributed by atoms with Gasteiger partial charge in [-0.15, -0.1) is 11.3 Å². The lowest BCUT2D eigenvalue weighted by Gasteiger charge is -2.10. The van der Waals surface area contributed by atoms with Crippen LogP contribution in [0.1, 0.15) is 16.7 Å². The molecule has 132 valence electrons. The molecule has 3 heterocycles. The summed E-state index contributed by atoms with van der Waals surface area (Å²) in [5.74, 6) is 0.528. The zero-order chi connectivity index (χ0) is 18.4. The zero-order valence-electron chi connectivity index (χ0n) is 14.5. The molecule has 3 aromatic heterocycles. The molecule has 0 atom stereocenters. The van der Waals surface area contributed by atoms with Crippen LogP contribution in [0.5, 0.6) is 0 Å². The Morgan fingerprint density at radius 2 is 2.04 bits per heavy atom. The summed E-state index contributed by atoms with van der Waals surface area (Å²) in [6, 6.07) is 7.37. The number of hydrogen-bond acceptors (Lipinski definition) is 6. The van der Waals surface area contributed by atoms with Gasteiger partial charge in [0.1, 0.15) is 10.3 Å². The first-order valence-electron chi connectivity index (χ1n) is 8.05. The molecular formula is C19H16N2O3S2. The zero-order valence-corrected chi connectivity index (χ0v) is 16.2. The van der Waals surface area contributed by atoms with Crippen LogP contribution in [0, 0.1) is 13.8 Å². The van der Waals surface area contributed by atoms with E-state index in [1.165, 1.54) is 29.2 Å². The Labute approximate surface area is 157 Å². The number of nitrogens with zero attached hydrogens (tertiary/aromatic N) is 2. The molecule has 1 aromatic carbocycles. The summed E-state index contributed by atoms with van der Waals surface area (Å²) in [7, 11) is 1.72. The maximum Gasteiger partial charge on any atom is 0.336 e. The smallest absolute Gasteiger partial charge is 0.336 e. The topological polar surface area (TPSA) is 65.1 Å². The molecule has 7 heteroatoms. The van der Waals surface area contributed by atoms with E-state index < -0.39 is 0 Å². The minimum atomic E-state index is -0.364. The third-order valence-corrected chi connectivity index (χ3v) is 6.49. The van der Waals surface area contributed by atoms with Gasteiger partial charge in [-0.3, -0.25) is 9.36 Å². The van der Waals surface area contributed by atoms with E-state index in [2.05, 4.69) is 4.98 Å². The van der Waals surface area contributed by atoms with E-state index in [1.807, 2.05) is 37.4 Å². The van der Waals surface area contributed by atoms with Crippen molar-refractivity contribution in [3.05, 3.63) is 67.1 Å². The van der Waals surface area contributed by atoms with Crippen molar-refractivity contribution in [3.8, 4) is 0 Å². The van der Waals surface area contributed by atoms with Crippen LogP contribution in [0.4, 0.5) is 0 Å². The molecule has 5 nitrogen and oxygen atoms in total. The van der Waals surface area contributed by atoms with Crippen LogP contribution in [0.15, 0.2) is 48.8 Å². The normalized spacial score (nSPS) is 11.5. The van der Waals surface area contributed by atoms with Crippen molar-refractivity contribution < 1.29 is 4.42 Å². The van der Waals surface area contributed by atoms with Crippen LogP contribution >= 0.6 is 23.1 Å². The fraction of sp³-hybridized carbons (Fsp3) is 0.211. The largest absolute Gasteiger partial charge is 0.422 e. The molecule has 4 rings (SSSR count). The van der Waals surface area contributed by atoms with E-state index >= 15 is 0 Å². The number of hydrogen-bond donors (Lipinski definition) is 0. The van der Waals surface area contributed by atoms with Gasteiger partial charge in [-0.2, -0.15) is 0 Å². The number of benzene rings is 1. The molecule has 0 bridgehead atoms. The highest BCUT2D eigenvalue weighted by Crippen LogP contribution is 2.28. The Bertz CT molecular complexity index is 1270. The van der Waals surface area contributed by atoms with E-state index in [0.29, 0.717) is 26.7 Å². The predicted octanol–water partition coefficient (Wildman–Crippen LogP) is 4.01. The predicted molar refractivity (Wildman–Crippen MR) is 106 cm³/mol. The molecule has 0 radical (unpaired) electrons. The van der Waals surface area contributed by atoms with Crippen molar-refractivity contribution >= 4 is 44.3 Å². The fourth-order valence-corrected chi connectivity index (χ4v) is 4.65. The van der Waals surface area contributed by atoms with Gasteiger partial charge in [0.05, 0.1) is 5.52 Å². The van der Waals surface area contributed by atoms with Crippen molar-refractivity contribution in [1.29, 1.82) is 0 Å². The average Bonchev–Trinajstić information content (AvgIpc) is 3.09. The van der Waals surface area contributed by atoms with Crippen LogP contribution in [-0.2, 0) is 12.8 Å². The van der Waals surface area contributed by atoms with Crippen molar-refractivity contribution in [2.75, 3.05) is 0 Å². The standard InChI is InChI=1S/C19H16N2O3S2/c1-10-4-5-13-12(8-15(22)24-16(13)11(10)2)9-26-19-20-14-6-7-25-17(14)18(23)21(19)3/h4-8H,9H2,1-3H3. The SMILES string of the molecule is Cc1ccc2c(CSc3nc4ccsc4c(=O)n3C)cc(=O)oc2c1C. The molecule has 0 fully saturated rings. The Morgan fingerprint density at radius 3 is 2.85 bits per heavy atom. The van der Waals surface area contributed by atoms with Crippen molar-refractivity contribution in [2.45, 2.75) is 24.8 Å². The molecule has 26 heavy (non-hydrogen) atoms. The highest BCUT2D eigenvalue weighted by atomic mass is 32.2. The Balaban J connectivity index is 1.77. The van der Waals surface area contributed by atoms with E-state index in [0.717, 1.165) is 22.1 Å². The maximum atomic E-state index is 12.4. The quantitative estimate of drug-likeness (QED) is 0.303. The Kier molecular flexibility index (Phi) is 4.20. The van der Waals surface area contributed by atoms with Crippen LogP contribution in [-0.4, -0.2) is 9.55 Å². The molecule has 0 amide bonds. The second-order valence-corrected chi connectivity index (χ2v) is 8.02. The number of aromatic nitrogens is 2. The van der Waals surface area contributed by atoms with Crippen LogP contribution in [0.25, 0.3) is 21.2 Å².